The minimum Gasteiger partial charge on any atom is -0.432 e. The summed E-state index contributed by atoms with van der Waals surface area (Å²) < 4.78 is 11.6. The lowest BCUT2D eigenvalue weighted by Gasteiger charge is -2.57. The van der Waals surface area contributed by atoms with Crippen LogP contribution in [0, 0.1) is 23.7 Å². The van der Waals surface area contributed by atoms with Gasteiger partial charge in [0.15, 0.2) is 5.60 Å². The highest BCUT2D eigenvalue weighted by atomic mass is 17.3. The molecule has 0 amide bonds. The normalized spacial score (nSPS) is 57.8. The fraction of sp³-hybridized carbons (Fsp3) is 0.933. The average Bonchev–Trinajstić information content (AvgIpc) is 2.63. The molecular formula is C15H22O5. The van der Waals surface area contributed by atoms with E-state index in [0.29, 0.717) is 11.8 Å². The summed E-state index contributed by atoms with van der Waals surface area (Å²) in [4.78, 5) is 23.7. The maximum Gasteiger partial charge on any atom is 0.311 e. The first kappa shape index (κ1) is 13.0. The topological polar surface area (TPSA) is 54.0 Å². The van der Waals surface area contributed by atoms with Crippen molar-refractivity contribution in [1.82, 2.24) is 0 Å². The molecule has 0 N–H and O–H groups in total. The molecule has 20 heavy (non-hydrogen) atoms. The van der Waals surface area contributed by atoms with Crippen molar-refractivity contribution in [3.63, 3.8) is 0 Å². The summed E-state index contributed by atoms with van der Waals surface area (Å²) in [6.07, 6.45) is 3.24. The molecule has 1 spiro atoms. The lowest BCUT2D eigenvalue weighted by Crippen LogP contribution is -2.69. The van der Waals surface area contributed by atoms with E-state index in [1.54, 1.807) is 0 Å². The molecule has 2 bridgehead atoms. The second kappa shape index (κ2) is 3.96. The Kier molecular flexibility index (Phi) is 2.58. The number of carbonyl (C=O) groups is 1. The Morgan fingerprint density at radius 3 is 2.70 bits per heavy atom. The Hall–Kier alpha value is -0.650. The Labute approximate surface area is 118 Å². The van der Waals surface area contributed by atoms with Gasteiger partial charge >= 0.3 is 5.97 Å². The van der Waals surface area contributed by atoms with Gasteiger partial charge in [-0.3, -0.25) is 4.79 Å². The summed E-state index contributed by atoms with van der Waals surface area (Å²) in [5.41, 5.74) is -0.610. The van der Waals surface area contributed by atoms with Crippen LogP contribution in [0.1, 0.15) is 46.5 Å². The Morgan fingerprint density at radius 2 is 1.90 bits per heavy atom. The third-order valence-corrected chi connectivity index (χ3v) is 5.97. The van der Waals surface area contributed by atoms with Crippen LogP contribution in [0.2, 0.25) is 0 Å². The predicted octanol–water partition coefficient (Wildman–Crippen LogP) is 2.39. The summed E-state index contributed by atoms with van der Waals surface area (Å²) >= 11 is 0. The standard InChI is InChI=1S/C15H22O5/c1-8-4-5-11-9(2)12(16)17-13-15(11)10(8)6-7-14(3,18-13)19-20-15/h8-11,13H,4-7H2,1-3H3/t8?,9-,10?,11?,13?,14-,15-/m1/s1. The molecule has 0 aromatic rings. The fourth-order valence-electron chi connectivity index (χ4n) is 4.76. The van der Waals surface area contributed by atoms with Crippen LogP contribution in [0.4, 0.5) is 0 Å². The van der Waals surface area contributed by atoms with Crippen LogP contribution >= 0.6 is 0 Å². The minimum atomic E-state index is -0.793. The molecule has 4 saturated heterocycles. The van der Waals surface area contributed by atoms with Crippen LogP contribution in [0.3, 0.4) is 0 Å². The maximum atomic E-state index is 12.1. The van der Waals surface area contributed by atoms with E-state index in [4.69, 9.17) is 19.2 Å². The molecular weight excluding hydrogens is 260 g/mol. The van der Waals surface area contributed by atoms with Crippen molar-refractivity contribution < 1.29 is 24.0 Å². The van der Waals surface area contributed by atoms with E-state index in [9.17, 15) is 4.79 Å². The van der Waals surface area contributed by atoms with E-state index in [1.165, 1.54) is 0 Å². The van der Waals surface area contributed by atoms with Crippen molar-refractivity contribution in [2.45, 2.75) is 64.1 Å². The molecule has 5 aliphatic rings. The van der Waals surface area contributed by atoms with Gasteiger partial charge in [0.2, 0.25) is 12.1 Å². The number of carbonyl (C=O) groups excluding carboxylic acids is 1. The van der Waals surface area contributed by atoms with Crippen LogP contribution in [0.15, 0.2) is 0 Å². The summed E-state index contributed by atoms with van der Waals surface area (Å²) in [5, 5.41) is 0. The Balaban J connectivity index is 1.84. The van der Waals surface area contributed by atoms with Crippen LogP contribution in [-0.2, 0) is 24.0 Å². The number of rotatable bonds is 0. The van der Waals surface area contributed by atoms with Crippen molar-refractivity contribution in [2.75, 3.05) is 0 Å². The predicted molar refractivity (Wildman–Crippen MR) is 68.0 cm³/mol. The molecule has 0 aromatic carbocycles. The Bertz CT molecular complexity index is 452. The van der Waals surface area contributed by atoms with Crippen molar-refractivity contribution in [3.8, 4) is 0 Å². The zero-order valence-corrected chi connectivity index (χ0v) is 12.3. The molecule has 5 nitrogen and oxygen atoms in total. The molecule has 5 rings (SSSR count). The van der Waals surface area contributed by atoms with E-state index in [0.717, 1.165) is 25.7 Å². The molecule has 4 heterocycles. The highest BCUT2D eigenvalue weighted by molar-refractivity contribution is 5.74. The van der Waals surface area contributed by atoms with Crippen molar-refractivity contribution >= 4 is 5.97 Å². The summed E-state index contributed by atoms with van der Waals surface area (Å²) in [5.74, 6) is -0.137. The van der Waals surface area contributed by atoms with E-state index >= 15 is 0 Å². The monoisotopic (exact) mass is 282 g/mol. The number of hydrogen-bond donors (Lipinski definition) is 0. The molecule has 1 saturated carbocycles. The highest BCUT2D eigenvalue weighted by Crippen LogP contribution is 2.59. The first-order valence-corrected chi connectivity index (χ1v) is 7.71. The largest absolute Gasteiger partial charge is 0.432 e. The second-order valence-electron chi connectivity index (χ2n) is 7.14. The van der Waals surface area contributed by atoms with Gasteiger partial charge in [0, 0.05) is 18.3 Å². The third-order valence-electron chi connectivity index (χ3n) is 5.97. The zero-order valence-electron chi connectivity index (χ0n) is 12.3. The summed E-state index contributed by atoms with van der Waals surface area (Å²) in [6.45, 7) is 6.06. The average molecular weight is 282 g/mol. The molecule has 5 heteroatoms. The number of ether oxygens (including phenoxy) is 2. The van der Waals surface area contributed by atoms with Crippen LogP contribution in [-0.4, -0.2) is 23.6 Å². The van der Waals surface area contributed by atoms with Crippen LogP contribution < -0.4 is 0 Å². The highest BCUT2D eigenvalue weighted by Gasteiger charge is 2.69. The van der Waals surface area contributed by atoms with Gasteiger partial charge in [0.1, 0.15) is 0 Å². The van der Waals surface area contributed by atoms with Gasteiger partial charge < -0.3 is 9.47 Å². The maximum absolute atomic E-state index is 12.1. The number of esters is 1. The van der Waals surface area contributed by atoms with Gasteiger partial charge in [-0.1, -0.05) is 13.8 Å². The van der Waals surface area contributed by atoms with Gasteiger partial charge in [0.05, 0.1) is 5.92 Å². The van der Waals surface area contributed by atoms with Crippen molar-refractivity contribution in [1.29, 1.82) is 0 Å². The van der Waals surface area contributed by atoms with Gasteiger partial charge in [-0.05, 0) is 32.1 Å². The van der Waals surface area contributed by atoms with E-state index in [-0.39, 0.29) is 17.8 Å². The Morgan fingerprint density at radius 1 is 1.10 bits per heavy atom. The molecule has 0 aromatic heterocycles. The smallest absolute Gasteiger partial charge is 0.311 e. The van der Waals surface area contributed by atoms with Crippen molar-refractivity contribution in [3.05, 3.63) is 0 Å². The van der Waals surface area contributed by atoms with E-state index in [2.05, 4.69) is 6.92 Å². The lowest BCUT2D eigenvalue weighted by molar-refractivity contribution is -0.559. The molecule has 0 radical (unpaired) electrons. The number of fused-ring (bicyclic) bond motifs is 2. The SMILES string of the molecule is CC1CCC2[C@@H](C)C(=O)OC3O[C@@]4(C)CCC1[C@]32OO4. The van der Waals surface area contributed by atoms with E-state index < -0.39 is 17.7 Å². The molecule has 5 fully saturated rings. The first-order valence-electron chi connectivity index (χ1n) is 7.71. The zero-order chi connectivity index (χ0) is 14.1. The van der Waals surface area contributed by atoms with Gasteiger partial charge in [-0.2, -0.15) is 0 Å². The lowest BCUT2D eigenvalue weighted by atomic mass is 9.58. The summed E-state index contributed by atoms with van der Waals surface area (Å²) in [7, 11) is 0. The molecule has 1 aliphatic carbocycles. The molecule has 112 valence electrons. The summed E-state index contributed by atoms with van der Waals surface area (Å²) in [6, 6.07) is 0. The van der Waals surface area contributed by atoms with Gasteiger partial charge in [-0.25, -0.2) is 9.78 Å². The second-order valence-corrected chi connectivity index (χ2v) is 7.14. The van der Waals surface area contributed by atoms with Gasteiger partial charge in [-0.15, -0.1) is 0 Å². The van der Waals surface area contributed by atoms with E-state index in [1.807, 2.05) is 13.8 Å². The minimum absolute atomic E-state index is 0.123. The fourth-order valence-corrected chi connectivity index (χ4v) is 4.76. The molecule has 4 unspecified atom stereocenters. The van der Waals surface area contributed by atoms with Gasteiger partial charge in [0.25, 0.3) is 0 Å². The first-order chi connectivity index (χ1) is 9.46. The molecule has 4 aliphatic heterocycles. The quantitative estimate of drug-likeness (QED) is 0.504. The third kappa shape index (κ3) is 1.46. The van der Waals surface area contributed by atoms with Crippen LogP contribution in [0.5, 0.6) is 0 Å². The van der Waals surface area contributed by atoms with Crippen LogP contribution in [0.25, 0.3) is 0 Å². The van der Waals surface area contributed by atoms with Crippen molar-refractivity contribution in [2.24, 2.45) is 23.7 Å². The number of hydrogen-bond acceptors (Lipinski definition) is 5. The molecule has 7 atom stereocenters.